The number of hydrogen-bond donors (Lipinski definition) is 2. The van der Waals surface area contributed by atoms with Gasteiger partial charge in [0.25, 0.3) is 0 Å². The van der Waals surface area contributed by atoms with Crippen LogP contribution in [0.3, 0.4) is 0 Å². The van der Waals surface area contributed by atoms with Crippen molar-refractivity contribution in [2.24, 2.45) is 11.7 Å². The molecule has 0 heterocycles. The summed E-state index contributed by atoms with van der Waals surface area (Å²) in [6, 6.07) is 5.64. The molecule has 1 aliphatic carbocycles. The molecule has 0 saturated heterocycles. The highest BCUT2D eigenvalue weighted by molar-refractivity contribution is 6.30. The minimum atomic E-state index is 0. The second-order valence-electron chi connectivity index (χ2n) is 4.72. The zero-order valence-electron chi connectivity index (χ0n) is 10.3. The Morgan fingerprint density at radius 3 is 2.72 bits per heavy atom. The third kappa shape index (κ3) is 3.61. The van der Waals surface area contributed by atoms with E-state index in [9.17, 15) is 4.79 Å². The van der Waals surface area contributed by atoms with Crippen molar-refractivity contribution in [1.29, 1.82) is 0 Å². The number of anilines is 1. The number of nitrogens with one attached hydrogen (secondary N) is 1. The van der Waals surface area contributed by atoms with Crippen LogP contribution in [0.5, 0.6) is 0 Å². The Hall–Kier alpha value is -0.770. The third-order valence-corrected chi connectivity index (χ3v) is 3.53. The standard InChI is InChI=1S/C13H17ClN2O.ClH/c1-8-6-10(14)3-5-12(8)16-13(17)9-2-4-11(15)7-9;/h3,5-6,9,11H,2,4,7,15H2,1H3,(H,16,17);1H. The van der Waals surface area contributed by atoms with Crippen molar-refractivity contribution in [2.75, 3.05) is 5.32 Å². The molecule has 1 aliphatic rings. The summed E-state index contributed by atoms with van der Waals surface area (Å²) in [6.07, 6.45) is 2.62. The average Bonchev–Trinajstić information content (AvgIpc) is 2.69. The largest absolute Gasteiger partial charge is 0.328 e. The first-order valence-electron chi connectivity index (χ1n) is 5.89. The van der Waals surface area contributed by atoms with Crippen molar-refractivity contribution in [1.82, 2.24) is 0 Å². The number of aryl methyl sites for hydroxylation is 1. The number of nitrogens with two attached hydrogens (primary N) is 1. The van der Waals surface area contributed by atoms with Gasteiger partial charge in [0.15, 0.2) is 0 Å². The van der Waals surface area contributed by atoms with Crippen LogP contribution in [0.2, 0.25) is 5.02 Å². The monoisotopic (exact) mass is 288 g/mol. The van der Waals surface area contributed by atoms with Gasteiger partial charge >= 0.3 is 0 Å². The van der Waals surface area contributed by atoms with Gasteiger partial charge in [0.05, 0.1) is 0 Å². The molecule has 18 heavy (non-hydrogen) atoms. The summed E-state index contributed by atoms with van der Waals surface area (Å²) in [7, 11) is 0. The van der Waals surface area contributed by atoms with Gasteiger partial charge in [-0.25, -0.2) is 0 Å². The SMILES string of the molecule is Cc1cc(Cl)ccc1NC(=O)C1CCC(N)C1.Cl. The number of rotatable bonds is 2. The van der Waals surface area contributed by atoms with Gasteiger partial charge < -0.3 is 11.1 Å². The molecule has 3 nitrogen and oxygen atoms in total. The molecule has 2 unspecified atom stereocenters. The predicted molar refractivity (Wildman–Crippen MR) is 77.4 cm³/mol. The van der Waals surface area contributed by atoms with Gasteiger partial charge in [-0.2, -0.15) is 0 Å². The summed E-state index contributed by atoms with van der Waals surface area (Å²) in [5.74, 6) is 0.128. The molecule has 2 rings (SSSR count). The molecule has 1 aromatic rings. The zero-order chi connectivity index (χ0) is 12.4. The minimum absolute atomic E-state index is 0. The highest BCUT2D eigenvalue weighted by atomic mass is 35.5. The van der Waals surface area contributed by atoms with Crippen LogP contribution in [0, 0.1) is 12.8 Å². The van der Waals surface area contributed by atoms with Crippen molar-refractivity contribution >= 4 is 35.6 Å². The maximum atomic E-state index is 12.0. The number of hydrogen-bond acceptors (Lipinski definition) is 2. The maximum Gasteiger partial charge on any atom is 0.227 e. The maximum absolute atomic E-state index is 12.0. The van der Waals surface area contributed by atoms with Crippen molar-refractivity contribution in [2.45, 2.75) is 32.2 Å². The predicted octanol–water partition coefficient (Wildman–Crippen LogP) is 3.14. The van der Waals surface area contributed by atoms with Crippen LogP contribution >= 0.6 is 24.0 Å². The highest BCUT2D eigenvalue weighted by Crippen LogP contribution is 2.26. The van der Waals surface area contributed by atoms with E-state index in [0.29, 0.717) is 5.02 Å². The molecule has 0 bridgehead atoms. The van der Waals surface area contributed by atoms with E-state index in [1.54, 1.807) is 6.07 Å². The molecule has 1 aromatic carbocycles. The van der Waals surface area contributed by atoms with Crippen molar-refractivity contribution in [3.8, 4) is 0 Å². The second-order valence-corrected chi connectivity index (χ2v) is 5.15. The smallest absolute Gasteiger partial charge is 0.227 e. The lowest BCUT2D eigenvalue weighted by atomic mass is 10.1. The Morgan fingerprint density at radius 1 is 1.44 bits per heavy atom. The highest BCUT2D eigenvalue weighted by Gasteiger charge is 2.27. The third-order valence-electron chi connectivity index (χ3n) is 3.29. The summed E-state index contributed by atoms with van der Waals surface area (Å²) in [5.41, 5.74) is 7.62. The van der Waals surface area contributed by atoms with E-state index >= 15 is 0 Å². The lowest BCUT2D eigenvalue weighted by Crippen LogP contribution is -2.23. The van der Waals surface area contributed by atoms with Gasteiger partial charge in [-0.05, 0) is 49.9 Å². The molecule has 5 heteroatoms. The normalized spacial score (nSPS) is 22.4. The fourth-order valence-electron chi connectivity index (χ4n) is 2.26. The van der Waals surface area contributed by atoms with E-state index in [-0.39, 0.29) is 30.3 Å². The lowest BCUT2D eigenvalue weighted by Gasteiger charge is -2.12. The van der Waals surface area contributed by atoms with Crippen LogP contribution in [-0.2, 0) is 4.79 Å². The van der Waals surface area contributed by atoms with Gasteiger partial charge in [-0.3, -0.25) is 4.79 Å². The quantitative estimate of drug-likeness (QED) is 0.878. The molecular formula is C13H18Cl2N2O. The first kappa shape index (κ1) is 15.3. The van der Waals surface area contributed by atoms with Crippen LogP contribution in [0.15, 0.2) is 18.2 Å². The van der Waals surface area contributed by atoms with Crippen molar-refractivity contribution < 1.29 is 4.79 Å². The van der Waals surface area contributed by atoms with E-state index in [2.05, 4.69) is 5.32 Å². The lowest BCUT2D eigenvalue weighted by molar-refractivity contribution is -0.119. The molecule has 0 spiro atoms. The first-order valence-corrected chi connectivity index (χ1v) is 6.26. The summed E-state index contributed by atoms with van der Waals surface area (Å²) in [4.78, 5) is 12.0. The molecule has 0 radical (unpaired) electrons. The summed E-state index contributed by atoms with van der Waals surface area (Å²) in [5, 5.41) is 3.63. The number of carbonyl (C=O) groups excluding carboxylic acids is 1. The molecule has 3 N–H and O–H groups in total. The molecule has 100 valence electrons. The van der Waals surface area contributed by atoms with Crippen LogP contribution in [-0.4, -0.2) is 11.9 Å². The van der Waals surface area contributed by atoms with Gasteiger partial charge in [-0.1, -0.05) is 11.6 Å². The molecule has 1 fully saturated rings. The second kappa shape index (κ2) is 6.41. The van der Waals surface area contributed by atoms with Crippen molar-refractivity contribution in [3.05, 3.63) is 28.8 Å². The Bertz CT molecular complexity index is 437. The summed E-state index contributed by atoms with van der Waals surface area (Å²) >= 11 is 5.87. The van der Waals surface area contributed by atoms with Gasteiger partial charge in [0, 0.05) is 22.7 Å². The van der Waals surface area contributed by atoms with E-state index < -0.39 is 0 Å². The summed E-state index contributed by atoms with van der Waals surface area (Å²) < 4.78 is 0. The van der Waals surface area contributed by atoms with Crippen molar-refractivity contribution in [3.63, 3.8) is 0 Å². The molecule has 2 atom stereocenters. The Balaban J connectivity index is 0.00000162. The Morgan fingerprint density at radius 2 is 2.17 bits per heavy atom. The van der Waals surface area contributed by atoms with Crippen LogP contribution in [0.25, 0.3) is 0 Å². The Labute approximate surface area is 118 Å². The van der Waals surface area contributed by atoms with Gasteiger partial charge in [0.2, 0.25) is 5.91 Å². The average molecular weight is 289 g/mol. The topological polar surface area (TPSA) is 55.1 Å². The molecular weight excluding hydrogens is 271 g/mol. The first-order chi connectivity index (χ1) is 8.06. The molecule has 1 saturated carbocycles. The van der Waals surface area contributed by atoms with Gasteiger partial charge in [-0.15, -0.1) is 12.4 Å². The molecule has 0 aliphatic heterocycles. The fourth-order valence-corrected chi connectivity index (χ4v) is 2.48. The van der Waals surface area contributed by atoms with Crippen LogP contribution in [0.4, 0.5) is 5.69 Å². The zero-order valence-corrected chi connectivity index (χ0v) is 11.9. The van der Waals surface area contributed by atoms with E-state index in [0.717, 1.165) is 30.5 Å². The molecule has 1 amide bonds. The van der Waals surface area contributed by atoms with Crippen LogP contribution in [0.1, 0.15) is 24.8 Å². The number of halogens is 2. The summed E-state index contributed by atoms with van der Waals surface area (Å²) in [6.45, 7) is 1.93. The Kier molecular flexibility index (Phi) is 5.45. The number of benzene rings is 1. The van der Waals surface area contributed by atoms with E-state index in [1.165, 1.54) is 0 Å². The van der Waals surface area contributed by atoms with Crippen LogP contribution < -0.4 is 11.1 Å². The fraction of sp³-hybridized carbons (Fsp3) is 0.462. The number of carbonyl (C=O) groups is 1. The van der Waals surface area contributed by atoms with E-state index in [1.807, 2.05) is 19.1 Å². The van der Waals surface area contributed by atoms with Gasteiger partial charge in [0.1, 0.15) is 0 Å². The van der Waals surface area contributed by atoms with E-state index in [4.69, 9.17) is 17.3 Å². The molecule has 0 aromatic heterocycles. The number of amides is 1. The minimum Gasteiger partial charge on any atom is -0.328 e.